The number of aryl methyl sites for hydroxylation is 2. The molecule has 1 aromatic rings. The zero-order chi connectivity index (χ0) is 6.85. The molecule has 3 heteroatoms. The summed E-state index contributed by atoms with van der Waals surface area (Å²) in [5, 5.41) is 4.07. The van der Waals surface area contributed by atoms with Crippen LogP contribution in [0, 0.1) is 6.92 Å². The highest BCUT2D eigenvalue weighted by Crippen LogP contribution is 2.08. The molecule has 0 saturated carbocycles. The van der Waals surface area contributed by atoms with Gasteiger partial charge in [-0.15, -0.1) is 0 Å². The van der Waals surface area contributed by atoms with Crippen molar-refractivity contribution in [2.45, 2.75) is 6.92 Å². The maximum absolute atomic E-state index is 4.97. The van der Waals surface area contributed by atoms with Crippen LogP contribution in [-0.2, 0) is 7.05 Å². The van der Waals surface area contributed by atoms with E-state index < -0.39 is 0 Å². The molecule has 0 fully saturated rings. The molecule has 0 saturated heterocycles. The van der Waals surface area contributed by atoms with Gasteiger partial charge in [-0.3, -0.25) is 0 Å². The number of ether oxygens (including phenoxy) is 1. The molecule has 9 heavy (non-hydrogen) atoms. The van der Waals surface area contributed by atoms with Crippen molar-refractivity contribution < 1.29 is 4.74 Å². The fourth-order valence-electron chi connectivity index (χ4n) is 0.778. The smallest absolute Gasteiger partial charge is 0.211 e. The number of hydrogen-bond acceptors (Lipinski definition) is 2. The number of aromatic nitrogens is 2. The Morgan fingerprint density at radius 2 is 2.33 bits per heavy atom. The topological polar surface area (TPSA) is 27.1 Å². The van der Waals surface area contributed by atoms with Crippen LogP contribution in [0.1, 0.15) is 5.69 Å². The molecular weight excluding hydrogens is 116 g/mol. The van der Waals surface area contributed by atoms with Gasteiger partial charge < -0.3 is 4.74 Å². The van der Waals surface area contributed by atoms with E-state index in [0.29, 0.717) is 0 Å². The number of hydrogen-bond donors (Lipinski definition) is 0. The molecule has 0 aliphatic rings. The molecule has 1 rings (SSSR count). The number of methoxy groups -OCH3 is 1. The average molecular weight is 126 g/mol. The molecule has 0 radical (unpaired) electrons. The van der Waals surface area contributed by atoms with Crippen molar-refractivity contribution in [1.82, 2.24) is 9.78 Å². The molecule has 0 atom stereocenters. The summed E-state index contributed by atoms with van der Waals surface area (Å²) in [6.07, 6.45) is 0. The molecule has 0 aliphatic carbocycles. The maximum Gasteiger partial charge on any atom is 0.211 e. The molecule has 0 bridgehead atoms. The number of nitrogens with zero attached hydrogens (tertiary/aromatic N) is 2. The van der Waals surface area contributed by atoms with Crippen molar-refractivity contribution in [3.63, 3.8) is 0 Å². The SMILES string of the molecule is COc1cc(C)nn1C. The third kappa shape index (κ3) is 1.04. The van der Waals surface area contributed by atoms with Crippen LogP contribution < -0.4 is 4.74 Å². The van der Waals surface area contributed by atoms with E-state index in [0.717, 1.165) is 11.6 Å². The minimum absolute atomic E-state index is 0.799. The summed E-state index contributed by atoms with van der Waals surface area (Å²) in [6.45, 7) is 1.93. The Labute approximate surface area is 54.2 Å². The second-order valence-corrected chi connectivity index (χ2v) is 1.95. The fourth-order valence-corrected chi connectivity index (χ4v) is 0.778. The van der Waals surface area contributed by atoms with Crippen molar-refractivity contribution in [3.8, 4) is 5.88 Å². The van der Waals surface area contributed by atoms with Gasteiger partial charge in [-0.05, 0) is 6.92 Å². The Morgan fingerprint density at radius 3 is 2.56 bits per heavy atom. The van der Waals surface area contributed by atoms with Crippen LogP contribution >= 0.6 is 0 Å². The quantitative estimate of drug-likeness (QED) is 0.555. The first-order valence-electron chi connectivity index (χ1n) is 2.78. The standard InChI is InChI=1S/C6H10N2O/c1-5-4-6(9-3)8(2)7-5/h4H,1-3H3. The zero-order valence-electron chi connectivity index (χ0n) is 5.88. The third-order valence-corrected chi connectivity index (χ3v) is 1.17. The average Bonchev–Trinajstić information content (AvgIpc) is 2.10. The summed E-state index contributed by atoms with van der Waals surface area (Å²) in [4.78, 5) is 0. The molecule has 1 heterocycles. The van der Waals surface area contributed by atoms with E-state index in [1.165, 1.54) is 0 Å². The van der Waals surface area contributed by atoms with Crippen LogP contribution in [0.25, 0.3) is 0 Å². The lowest BCUT2D eigenvalue weighted by molar-refractivity contribution is 0.373. The Kier molecular flexibility index (Phi) is 1.42. The van der Waals surface area contributed by atoms with Crippen molar-refractivity contribution in [1.29, 1.82) is 0 Å². The molecule has 0 amide bonds. The van der Waals surface area contributed by atoms with Gasteiger partial charge in [0.25, 0.3) is 0 Å². The Bertz CT molecular complexity index is 205. The molecule has 0 unspecified atom stereocenters. The normalized spacial score (nSPS) is 9.67. The second-order valence-electron chi connectivity index (χ2n) is 1.95. The van der Waals surface area contributed by atoms with Crippen LogP contribution in [0.3, 0.4) is 0 Å². The molecule has 3 nitrogen and oxygen atoms in total. The lowest BCUT2D eigenvalue weighted by atomic mass is 10.5. The minimum Gasteiger partial charge on any atom is -0.481 e. The van der Waals surface area contributed by atoms with E-state index in [2.05, 4.69) is 5.10 Å². The van der Waals surface area contributed by atoms with Gasteiger partial charge in [0.05, 0.1) is 12.8 Å². The Balaban J connectivity index is 3.01. The summed E-state index contributed by atoms with van der Waals surface area (Å²) in [6, 6.07) is 1.89. The molecule has 0 N–H and O–H groups in total. The van der Waals surface area contributed by atoms with E-state index in [4.69, 9.17) is 4.74 Å². The first-order valence-corrected chi connectivity index (χ1v) is 2.78. The summed E-state index contributed by atoms with van der Waals surface area (Å²) in [7, 11) is 3.49. The van der Waals surface area contributed by atoms with Crippen LogP contribution in [0.2, 0.25) is 0 Å². The summed E-state index contributed by atoms with van der Waals surface area (Å²) in [5.74, 6) is 0.799. The van der Waals surface area contributed by atoms with Gasteiger partial charge in [0, 0.05) is 13.1 Å². The third-order valence-electron chi connectivity index (χ3n) is 1.17. The Morgan fingerprint density at radius 1 is 1.67 bits per heavy atom. The van der Waals surface area contributed by atoms with E-state index in [1.807, 2.05) is 20.0 Å². The molecule has 0 aromatic carbocycles. The maximum atomic E-state index is 4.97. The first kappa shape index (κ1) is 6.13. The number of rotatable bonds is 1. The lowest BCUT2D eigenvalue weighted by Crippen LogP contribution is -1.94. The van der Waals surface area contributed by atoms with Crippen molar-refractivity contribution in [3.05, 3.63) is 11.8 Å². The summed E-state index contributed by atoms with van der Waals surface area (Å²) >= 11 is 0. The molecule has 1 aromatic heterocycles. The van der Waals surface area contributed by atoms with Gasteiger partial charge >= 0.3 is 0 Å². The van der Waals surface area contributed by atoms with Crippen LogP contribution in [0.4, 0.5) is 0 Å². The highest BCUT2D eigenvalue weighted by molar-refractivity contribution is 5.13. The van der Waals surface area contributed by atoms with Crippen molar-refractivity contribution in [2.75, 3.05) is 7.11 Å². The van der Waals surface area contributed by atoms with Gasteiger partial charge in [-0.1, -0.05) is 0 Å². The second kappa shape index (κ2) is 2.09. The predicted molar refractivity (Wildman–Crippen MR) is 34.5 cm³/mol. The van der Waals surface area contributed by atoms with Crippen molar-refractivity contribution >= 4 is 0 Å². The highest BCUT2D eigenvalue weighted by atomic mass is 16.5. The van der Waals surface area contributed by atoms with Gasteiger partial charge in [0.1, 0.15) is 0 Å². The molecular formula is C6H10N2O. The lowest BCUT2D eigenvalue weighted by Gasteiger charge is -1.95. The van der Waals surface area contributed by atoms with E-state index in [1.54, 1.807) is 11.8 Å². The summed E-state index contributed by atoms with van der Waals surface area (Å²) in [5.41, 5.74) is 0.981. The fraction of sp³-hybridized carbons (Fsp3) is 0.500. The van der Waals surface area contributed by atoms with Gasteiger partial charge in [-0.25, -0.2) is 4.68 Å². The van der Waals surface area contributed by atoms with Gasteiger partial charge in [0.15, 0.2) is 0 Å². The van der Waals surface area contributed by atoms with Crippen LogP contribution in [0.15, 0.2) is 6.07 Å². The zero-order valence-corrected chi connectivity index (χ0v) is 5.88. The molecule has 0 aliphatic heterocycles. The first-order chi connectivity index (χ1) is 4.24. The monoisotopic (exact) mass is 126 g/mol. The van der Waals surface area contributed by atoms with Gasteiger partial charge in [0.2, 0.25) is 5.88 Å². The van der Waals surface area contributed by atoms with Crippen LogP contribution in [-0.4, -0.2) is 16.9 Å². The highest BCUT2D eigenvalue weighted by Gasteiger charge is 1.97. The van der Waals surface area contributed by atoms with Crippen LogP contribution in [0.5, 0.6) is 5.88 Å². The van der Waals surface area contributed by atoms with E-state index in [9.17, 15) is 0 Å². The van der Waals surface area contributed by atoms with Gasteiger partial charge in [-0.2, -0.15) is 5.10 Å². The van der Waals surface area contributed by atoms with Crippen molar-refractivity contribution in [2.24, 2.45) is 7.05 Å². The van der Waals surface area contributed by atoms with E-state index in [-0.39, 0.29) is 0 Å². The summed E-state index contributed by atoms with van der Waals surface area (Å²) < 4.78 is 6.67. The minimum atomic E-state index is 0.799. The Hall–Kier alpha value is -0.990. The molecule has 50 valence electrons. The molecule has 0 spiro atoms. The van der Waals surface area contributed by atoms with E-state index >= 15 is 0 Å². The largest absolute Gasteiger partial charge is 0.481 e. The predicted octanol–water partition coefficient (Wildman–Crippen LogP) is 0.737.